The molecule has 1 N–H and O–H groups in total. The lowest BCUT2D eigenvalue weighted by Gasteiger charge is -2.08. The van der Waals surface area contributed by atoms with Crippen LogP contribution in [-0.2, 0) is 13.5 Å². The fraction of sp³-hybridized carbons (Fsp3) is 0.250. The van der Waals surface area contributed by atoms with Crippen LogP contribution in [0.15, 0.2) is 36.5 Å². The Morgan fingerprint density at radius 1 is 1.31 bits per heavy atom. The number of hydrogen-bond acceptors (Lipinski definition) is 2. The van der Waals surface area contributed by atoms with Crippen molar-refractivity contribution in [2.75, 3.05) is 11.9 Å². The molecule has 1 heterocycles. The van der Waals surface area contributed by atoms with E-state index in [0.29, 0.717) is 0 Å². The molecule has 2 aromatic rings. The standard InChI is InChI=1S/C12H14IN3/c1-16-10(7-9-15-16)6-8-14-12-5-3-2-4-11(12)13/h2-5,7,9,14H,6,8H2,1H3. The van der Waals surface area contributed by atoms with Crippen LogP contribution in [0.1, 0.15) is 5.69 Å². The van der Waals surface area contributed by atoms with Crippen molar-refractivity contribution >= 4 is 28.3 Å². The lowest BCUT2D eigenvalue weighted by atomic mass is 10.3. The number of para-hydroxylation sites is 1. The summed E-state index contributed by atoms with van der Waals surface area (Å²) in [6.45, 7) is 0.930. The average molecular weight is 327 g/mol. The van der Waals surface area contributed by atoms with Gasteiger partial charge in [-0.05, 0) is 40.8 Å². The molecule has 0 radical (unpaired) electrons. The summed E-state index contributed by atoms with van der Waals surface area (Å²) in [5.74, 6) is 0. The maximum atomic E-state index is 4.15. The first-order chi connectivity index (χ1) is 7.77. The Hall–Kier alpha value is -1.04. The third-order valence-corrected chi connectivity index (χ3v) is 3.43. The highest BCUT2D eigenvalue weighted by Gasteiger charge is 1.99. The average Bonchev–Trinajstić information content (AvgIpc) is 2.67. The van der Waals surface area contributed by atoms with Gasteiger partial charge in [0.05, 0.1) is 0 Å². The van der Waals surface area contributed by atoms with Crippen LogP contribution in [0, 0.1) is 3.57 Å². The fourth-order valence-electron chi connectivity index (χ4n) is 1.58. The van der Waals surface area contributed by atoms with Gasteiger partial charge in [0.1, 0.15) is 0 Å². The third-order valence-electron chi connectivity index (χ3n) is 2.49. The number of anilines is 1. The van der Waals surface area contributed by atoms with Gasteiger partial charge >= 0.3 is 0 Å². The summed E-state index contributed by atoms with van der Waals surface area (Å²) >= 11 is 2.34. The smallest absolute Gasteiger partial charge is 0.0492 e. The van der Waals surface area contributed by atoms with Gasteiger partial charge in [-0.1, -0.05) is 12.1 Å². The van der Waals surface area contributed by atoms with Gasteiger partial charge < -0.3 is 5.32 Å². The Morgan fingerprint density at radius 2 is 2.12 bits per heavy atom. The van der Waals surface area contributed by atoms with E-state index in [1.165, 1.54) is 15.0 Å². The minimum absolute atomic E-state index is 0.930. The third kappa shape index (κ3) is 2.75. The SMILES string of the molecule is Cn1nccc1CCNc1ccccc1I. The molecule has 84 valence electrons. The van der Waals surface area contributed by atoms with E-state index in [1.54, 1.807) is 0 Å². The van der Waals surface area contributed by atoms with E-state index in [1.807, 2.05) is 24.0 Å². The zero-order valence-electron chi connectivity index (χ0n) is 9.15. The number of hydrogen-bond donors (Lipinski definition) is 1. The summed E-state index contributed by atoms with van der Waals surface area (Å²) in [6.07, 6.45) is 2.82. The predicted molar refractivity (Wildman–Crippen MR) is 74.6 cm³/mol. The zero-order chi connectivity index (χ0) is 11.4. The Kier molecular flexibility index (Phi) is 3.82. The Morgan fingerprint density at radius 3 is 2.81 bits per heavy atom. The van der Waals surface area contributed by atoms with Crippen molar-refractivity contribution in [3.05, 3.63) is 45.8 Å². The molecule has 0 saturated heterocycles. The number of aromatic nitrogens is 2. The van der Waals surface area contributed by atoms with E-state index < -0.39 is 0 Å². The van der Waals surface area contributed by atoms with E-state index in [0.717, 1.165) is 13.0 Å². The highest BCUT2D eigenvalue weighted by Crippen LogP contribution is 2.16. The van der Waals surface area contributed by atoms with Crippen molar-refractivity contribution in [1.29, 1.82) is 0 Å². The molecule has 0 spiro atoms. The quantitative estimate of drug-likeness (QED) is 0.875. The van der Waals surface area contributed by atoms with Crippen molar-refractivity contribution in [2.24, 2.45) is 7.05 Å². The first kappa shape index (κ1) is 11.4. The maximum absolute atomic E-state index is 4.15. The summed E-state index contributed by atoms with van der Waals surface area (Å²) in [4.78, 5) is 0. The number of nitrogens with zero attached hydrogens (tertiary/aromatic N) is 2. The van der Waals surface area contributed by atoms with E-state index in [2.05, 4.69) is 57.3 Å². The molecular weight excluding hydrogens is 313 g/mol. The van der Waals surface area contributed by atoms with Crippen LogP contribution in [0.3, 0.4) is 0 Å². The second-order valence-corrected chi connectivity index (χ2v) is 4.76. The summed E-state index contributed by atoms with van der Waals surface area (Å²) in [5.41, 5.74) is 2.45. The van der Waals surface area contributed by atoms with Crippen molar-refractivity contribution in [2.45, 2.75) is 6.42 Å². The molecule has 1 aromatic heterocycles. The van der Waals surface area contributed by atoms with Crippen molar-refractivity contribution in [3.63, 3.8) is 0 Å². The lowest BCUT2D eigenvalue weighted by molar-refractivity contribution is 0.711. The first-order valence-corrected chi connectivity index (χ1v) is 6.30. The minimum Gasteiger partial charge on any atom is -0.384 e. The van der Waals surface area contributed by atoms with Crippen LogP contribution in [-0.4, -0.2) is 16.3 Å². The molecule has 2 rings (SSSR count). The number of aryl methyl sites for hydroxylation is 1. The molecule has 4 heteroatoms. The fourth-order valence-corrected chi connectivity index (χ4v) is 2.15. The summed E-state index contributed by atoms with van der Waals surface area (Å²) in [5, 5.41) is 7.58. The molecule has 0 fully saturated rings. The molecule has 0 amide bonds. The molecular formula is C12H14IN3. The van der Waals surface area contributed by atoms with Gasteiger partial charge in [0.25, 0.3) is 0 Å². The zero-order valence-corrected chi connectivity index (χ0v) is 11.3. The molecule has 0 atom stereocenters. The van der Waals surface area contributed by atoms with Gasteiger partial charge in [-0.3, -0.25) is 4.68 Å². The van der Waals surface area contributed by atoms with Crippen LogP contribution in [0.25, 0.3) is 0 Å². The second kappa shape index (κ2) is 5.34. The van der Waals surface area contributed by atoms with E-state index >= 15 is 0 Å². The first-order valence-electron chi connectivity index (χ1n) is 5.22. The Balaban J connectivity index is 1.89. The van der Waals surface area contributed by atoms with Gasteiger partial charge in [0, 0.05) is 41.2 Å². The van der Waals surface area contributed by atoms with Crippen LogP contribution >= 0.6 is 22.6 Å². The highest BCUT2D eigenvalue weighted by molar-refractivity contribution is 14.1. The maximum Gasteiger partial charge on any atom is 0.0492 e. The molecule has 16 heavy (non-hydrogen) atoms. The number of benzene rings is 1. The molecule has 0 aliphatic heterocycles. The van der Waals surface area contributed by atoms with E-state index in [9.17, 15) is 0 Å². The van der Waals surface area contributed by atoms with Crippen molar-refractivity contribution in [1.82, 2.24) is 9.78 Å². The van der Waals surface area contributed by atoms with Gasteiger partial charge in [-0.25, -0.2) is 0 Å². The Bertz CT molecular complexity index is 465. The molecule has 0 bridgehead atoms. The van der Waals surface area contributed by atoms with Gasteiger partial charge in [0.15, 0.2) is 0 Å². The molecule has 0 saturated carbocycles. The summed E-state index contributed by atoms with van der Waals surface area (Å²) < 4.78 is 3.17. The molecule has 0 aliphatic carbocycles. The normalized spacial score (nSPS) is 10.4. The van der Waals surface area contributed by atoms with Gasteiger partial charge in [0.2, 0.25) is 0 Å². The summed E-state index contributed by atoms with van der Waals surface area (Å²) in [6, 6.07) is 10.4. The molecule has 0 aliphatic rings. The highest BCUT2D eigenvalue weighted by atomic mass is 127. The topological polar surface area (TPSA) is 29.9 Å². The summed E-state index contributed by atoms with van der Waals surface area (Å²) in [7, 11) is 1.97. The van der Waals surface area contributed by atoms with Gasteiger partial charge in [-0.15, -0.1) is 0 Å². The van der Waals surface area contributed by atoms with Crippen LogP contribution < -0.4 is 5.32 Å². The number of halogens is 1. The number of rotatable bonds is 4. The largest absolute Gasteiger partial charge is 0.384 e. The van der Waals surface area contributed by atoms with Crippen LogP contribution in [0.5, 0.6) is 0 Å². The van der Waals surface area contributed by atoms with E-state index in [-0.39, 0.29) is 0 Å². The monoisotopic (exact) mass is 327 g/mol. The number of nitrogens with one attached hydrogen (secondary N) is 1. The lowest BCUT2D eigenvalue weighted by Crippen LogP contribution is -2.08. The van der Waals surface area contributed by atoms with Crippen LogP contribution in [0.2, 0.25) is 0 Å². The second-order valence-electron chi connectivity index (χ2n) is 3.60. The van der Waals surface area contributed by atoms with Gasteiger partial charge in [-0.2, -0.15) is 5.10 Å². The van der Waals surface area contributed by atoms with Crippen molar-refractivity contribution < 1.29 is 0 Å². The van der Waals surface area contributed by atoms with E-state index in [4.69, 9.17) is 0 Å². The Labute approximate surface area is 109 Å². The van der Waals surface area contributed by atoms with Crippen LogP contribution in [0.4, 0.5) is 5.69 Å². The minimum atomic E-state index is 0.930. The molecule has 3 nitrogen and oxygen atoms in total. The molecule has 1 aromatic carbocycles. The van der Waals surface area contributed by atoms with Crippen molar-refractivity contribution in [3.8, 4) is 0 Å². The predicted octanol–water partition coefficient (Wildman–Crippen LogP) is 2.68. The molecule has 0 unspecified atom stereocenters.